The minimum Gasteiger partial charge on any atom is -0.378 e. The highest BCUT2D eigenvalue weighted by Gasteiger charge is 2.18. The molecule has 1 amide bonds. The molecule has 5 heteroatoms. The number of halogens is 1. The van der Waals surface area contributed by atoms with Gasteiger partial charge in [-0.25, -0.2) is 0 Å². The average Bonchev–Trinajstić information content (AvgIpc) is 2.82. The van der Waals surface area contributed by atoms with Crippen molar-refractivity contribution in [1.82, 2.24) is 5.32 Å². The van der Waals surface area contributed by atoms with E-state index in [2.05, 4.69) is 10.6 Å². The van der Waals surface area contributed by atoms with Crippen molar-refractivity contribution in [3.8, 4) is 0 Å². The van der Waals surface area contributed by atoms with E-state index in [-0.39, 0.29) is 24.4 Å². The second kappa shape index (κ2) is 8.15. The summed E-state index contributed by atoms with van der Waals surface area (Å²) in [6.45, 7) is 1.59. The Labute approximate surface area is 120 Å². The molecular weight excluding hydrogens is 264 g/mol. The van der Waals surface area contributed by atoms with Crippen molar-refractivity contribution >= 4 is 24.0 Å². The molecule has 0 spiro atoms. The summed E-state index contributed by atoms with van der Waals surface area (Å²) in [5.74, 6) is 0.0310. The number of carbonyl (C=O) groups excluding carboxylic acids is 1. The maximum Gasteiger partial charge on any atom is 0.226 e. The average molecular weight is 285 g/mol. The molecule has 0 radical (unpaired) electrons. The summed E-state index contributed by atoms with van der Waals surface area (Å²) >= 11 is 0. The van der Waals surface area contributed by atoms with E-state index in [4.69, 9.17) is 4.74 Å². The van der Waals surface area contributed by atoms with E-state index >= 15 is 0 Å². The number of hydrogen-bond donors (Lipinski definition) is 2. The van der Waals surface area contributed by atoms with Crippen LogP contribution in [0.5, 0.6) is 0 Å². The monoisotopic (exact) mass is 284 g/mol. The first kappa shape index (κ1) is 16.0. The van der Waals surface area contributed by atoms with Gasteiger partial charge < -0.3 is 15.4 Å². The third-order valence-corrected chi connectivity index (χ3v) is 3.03. The molecule has 106 valence electrons. The van der Waals surface area contributed by atoms with E-state index in [0.29, 0.717) is 6.42 Å². The van der Waals surface area contributed by atoms with Gasteiger partial charge in [0.15, 0.2) is 0 Å². The Balaban J connectivity index is 0.00000180. The highest BCUT2D eigenvalue weighted by Crippen LogP contribution is 2.17. The zero-order valence-corrected chi connectivity index (χ0v) is 12.0. The van der Waals surface area contributed by atoms with Gasteiger partial charge in [-0.1, -0.05) is 12.1 Å². The van der Waals surface area contributed by atoms with Crippen molar-refractivity contribution in [1.29, 1.82) is 0 Å². The van der Waals surface area contributed by atoms with Crippen molar-refractivity contribution in [3.05, 3.63) is 29.8 Å². The van der Waals surface area contributed by atoms with Gasteiger partial charge in [-0.3, -0.25) is 4.79 Å². The van der Waals surface area contributed by atoms with Gasteiger partial charge in [-0.15, -0.1) is 12.4 Å². The van der Waals surface area contributed by atoms with Gasteiger partial charge in [-0.05, 0) is 37.6 Å². The molecule has 2 N–H and O–H groups in total. The molecule has 1 aliphatic rings. The predicted molar refractivity (Wildman–Crippen MR) is 78.7 cm³/mol. The Bertz CT molecular complexity index is 406. The molecule has 1 aromatic carbocycles. The zero-order chi connectivity index (χ0) is 12.8. The Morgan fingerprint density at radius 1 is 1.47 bits per heavy atom. The normalized spacial score (nSPS) is 17.8. The van der Waals surface area contributed by atoms with Gasteiger partial charge >= 0.3 is 0 Å². The standard InChI is InChI=1S/C14H20N2O2.ClH/c1-15-10-11-4-2-5-12(8-11)16-14(17)9-13-6-3-7-18-13;/h2,4-5,8,13,15H,3,6-7,9-10H2,1H3,(H,16,17);1H. The van der Waals surface area contributed by atoms with Gasteiger partial charge in [0.2, 0.25) is 5.91 Å². The molecule has 1 fully saturated rings. The number of benzene rings is 1. The number of carbonyl (C=O) groups is 1. The molecule has 2 rings (SSSR count). The van der Waals surface area contributed by atoms with E-state index < -0.39 is 0 Å². The number of nitrogens with one attached hydrogen (secondary N) is 2. The first-order chi connectivity index (χ1) is 8.78. The molecule has 1 heterocycles. The fourth-order valence-electron chi connectivity index (χ4n) is 2.19. The maximum absolute atomic E-state index is 11.8. The van der Waals surface area contributed by atoms with Gasteiger partial charge in [-0.2, -0.15) is 0 Å². The summed E-state index contributed by atoms with van der Waals surface area (Å²) in [6, 6.07) is 7.89. The Hall–Kier alpha value is -1.10. The minimum atomic E-state index is 0. The molecule has 1 atom stereocenters. The molecule has 0 aliphatic carbocycles. The van der Waals surface area contributed by atoms with Crippen LogP contribution in [0.15, 0.2) is 24.3 Å². The summed E-state index contributed by atoms with van der Waals surface area (Å²) in [5, 5.41) is 6.01. The molecule has 0 saturated carbocycles. The van der Waals surface area contributed by atoms with Crippen LogP contribution in [-0.2, 0) is 16.1 Å². The first-order valence-electron chi connectivity index (χ1n) is 6.43. The summed E-state index contributed by atoms with van der Waals surface area (Å²) in [4.78, 5) is 11.8. The zero-order valence-electron chi connectivity index (χ0n) is 11.1. The highest BCUT2D eigenvalue weighted by molar-refractivity contribution is 5.91. The van der Waals surface area contributed by atoms with Crippen LogP contribution >= 0.6 is 12.4 Å². The molecule has 0 bridgehead atoms. The number of anilines is 1. The second-order valence-corrected chi connectivity index (χ2v) is 4.62. The first-order valence-corrected chi connectivity index (χ1v) is 6.43. The van der Waals surface area contributed by atoms with Crippen molar-refractivity contribution in [3.63, 3.8) is 0 Å². The SMILES string of the molecule is CNCc1cccc(NC(=O)CC2CCCO2)c1.Cl. The van der Waals surface area contributed by atoms with Crippen LogP contribution in [0.4, 0.5) is 5.69 Å². The smallest absolute Gasteiger partial charge is 0.226 e. The molecule has 1 aromatic rings. The largest absolute Gasteiger partial charge is 0.378 e. The second-order valence-electron chi connectivity index (χ2n) is 4.62. The van der Waals surface area contributed by atoms with E-state index in [1.807, 2.05) is 31.3 Å². The lowest BCUT2D eigenvalue weighted by molar-refractivity contribution is -0.118. The topological polar surface area (TPSA) is 50.4 Å². The summed E-state index contributed by atoms with van der Waals surface area (Å²) in [5.41, 5.74) is 2.01. The minimum absolute atomic E-state index is 0. The van der Waals surface area contributed by atoms with Crippen LogP contribution in [0.25, 0.3) is 0 Å². The van der Waals surface area contributed by atoms with Crippen LogP contribution in [0.2, 0.25) is 0 Å². The van der Waals surface area contributed by atoms with Gasteiger partial charge in [0.05, 0.1) is 12.5 Å². The predicted octanol–water partition coefficient (Wildman–Crippen LogP) is 2.34. The van der Waals surface area contributed by atoms with Crippen molar-refractivity contribution < 1.29 is 9.53 Å². The van der Waals surface area contributed by atoms with Gasteiger partial charge in [0.25, 0.3) is 0 Å². The number of rotatable bonds is 5. The molecule has 4 nitrogen and oxygen atoms in total. The van der Waals surface area contributed by atoms with Crippen LogP contribution in [0.1, 0.15) is 24.8 Å². The van der Waals surface area contributed by atoms with E-state index in [0.717, 1.165) is 37.2 Å². The van der Waals surface area contributed by atoms with Crippen molar-refractivity contribution in [2.45, 2.75) is 31.9 Å². The van der Waals surface area contributed by atoms with E-state index in [1.54, 1.807) is 0 Å². The lowest BCUT2D eigenvalue weighted by Crippen LogP contribution is -2.19. The molecule has 19 heavy (non-hydrogen) atoms. The third kappa shape index (κ3) is 5.19. The van der Waals surface area contributed by atoms with Crippen molar-refractivity contribution in [2.24, 2.45) is 0 Å². The Morgan fingerprint density at radius 2 is 2.32 bits per heavy atom. The van der Waals surface area contributed by atoms with Crippen LogP contribution < -0.4 is 10.6 Å². The van der Waals surface area contributed by atoms with E-state index in [9.17, 15) is 4.79 Å². The lowest BCUT2D eigenvalue weighted by Gasteiger charge is -2.10. The summed E-state index contributed by atoms with van der Waals surface area (Å²) in [6.07, 6.45) is 2.62. The van der Waals surface area contributed by atoms with Crippen LogP contribution in [-0.4, -0.2) is 25.7 Å². The molecule has 1 aliphatic heterocycles. The van der Waals surface area contributed by atoms with Gasteiger partial charge in [0, 0.05) is 18.8 Å². The summed E-state index contributed by atoms with van der Waals surface area (Å²) in [7, 11) is 1.91. The van der Waals surface area contributed by atoms with Gasteiger partial charge in [0.1, 0.15) is 0 Å². The molecule has 0 aromatic heterocycles. The number of ether oxygens (including phenoxy) is 1. The van der Waals surface area contributed by atoms with Crippen LogP contribution in [0.3, 0.4) is 0 Å². The fourth-order valence-corrected chi connectivity index (χ4v) is 2.19. The molecular formula is C14H21ClN2O2. The quantitative estimate of drug-likeness (QED) is 0.872. The lowest BCUT2D eigenvalue weighted by atomic mass is 10.1. The fraction of sp³-hybridized carbons (Fsp3) is 0.500. The third-order valence-electron chi connectivity index (χ3n) is 3.03. The highest BCUT2D eigenvalue weighted by atomic mass is 35.5. The van der Waals surface area contributed by atoms with E-state index in [1.165, 1.54) is 0 Å². The Kier molecular flexibility index (Phi) is 6.84. The number of amides is 1. The maximum atomic E-state index is 11.8. The summed E-state index contributed by atoms with van der Waals surface area (Å²) < 4.78 is 5.45. The molecule has 1 saturated heterocycles. The van der Waals surface area contributed by atoms with Crippen molar-refractivity contribution in [2.75, 3.05) is 19.0 Å². The molecule has 1 unspecified atom stereocenters. The number of hydrogen-bond acceptors (Lipinski definition) is 3. The van der Waals surface area contributed by atoms with Crippen LogP contribution in [0, 0.1) is 0 Å². The Morgan fingerprint density at radius 3 is 3.00 bits per heavy atom.